The van der Waals surface area contributed by atoms with E-state index < -0.39 is 0 Å². The minimum atomic E-state index is 0.431. The summed E-state index contributed by atoms with van der Waals surface area (Å²) in [6, 6.07) is 12.7. The van der Waals surface area contributed by atoms with E-state index in [1.165, 1.54) is 19.8 Å². The maximum atomic E-state index is 4.23. The molecule has 0 bridgehead atoms. The lowest BCUT2D eigenvalue weighted by Gasteiger charge is -2.02. The molecule has 0 fully saturated rings. The second kappa shape index (κ2) is 30.9. The second-order valence-corrected chi connectivity index (χ2v) is 19.5. The number of thiazole rings is 2. The van der Waals surface area contributed by atoms with E-state index >= 15 is 0 Å². The largest absolute Gasteiger partial charge is 0.270 e. The van der Waals surface area contributed by atoms with E-state index in [1.807, 2.05) is 110 Å². The number of hydrogen-bond acceptors (Lipinski definition) is 11. The topological polar surface area (TPSA) is 126 Å². The van der Waals surface area contributed by atoms with E-state index in [4.69, 9.17) is 0 Å². The molecule has 0 aliphatic rings. The molecule has 7 aromatic heterocycles. The summed E-state index contributed by atoms with van der Waals surface area (Å²) >= 11 is 3.57. The van der Waals surface area contributed by atoms with Gasteiger partial charge in [-0.25, -0.2) is 29.9 Å². The van der Waals surface area contributed by atoms with Crippen LogP contribution in [0.4, 0.5) is 0 Å². The van der Waals surface area contributed by atoms with E-state index in [-0.39, 0.29) is 0 Å². The van der Waals surface area contributed by atoms with Crippen LogP contribution in [0, 0.1) is 27.7 Å². The van der Waals surface area contributed by atoms with E-state index in [2.05, 4.69) is 149 Å². The number of aromatic nitrogens is 11. The number of pyridine rings is 1. The Bertz CT molecular complexity index is 1970. The van der Waals surface area contributed by atoms with Crippen molar-refractivity contribution in [2.75, 3.05) is 0 Å². The van der Waals surface area contributed by atoms with Crippen molar-refractivity contribution in [3.05, 3.63) is 147 Å². The van der Waals surface area contributed by atoms with Crippen LogP contribution in [0.15, 0.2) is 98.4 Å². The molecule has 0 radical (unpaired) electrons. The van der Waals surface area contributed by atoms with Crippen molar-refractivity contribution < 1.29 is 0 Å². The molecule has 0 saturated heterocycles. The van der Waals surface area contributed by atoms with Gasteiger partial charge in [-0.2, -0.15) is 10.2 Å². The highest BCUT2D eigenvalue weighted by Crippen LogP contribution is 2.21. The fraction of sp³-hybridized carbons (Fsp3) is 0.500. The van der Waals surface area contributed by atoms with Gasteiger partial charge in [0.25, 0.3) is 0 Å². The highest BCUT2D eigenvalue weighted by atomic mass is 32.1. The summed E-state index contributed by atoms with van der Waals surface area (Å²) in [4.78, 5) is 31.7. The summed E-state index contributed by atoms with van der Waals surface area (Å²) in [5, 5.41) is 10.7. The Morgan fingerprint density at radius 2 is 1.05 bits per heavy atom. The molecule has 7 heterocycles. The first-order valence-electron chi connectivity index (χ1n) is 22.0. The van der Waals surface area contributed by atoms with Crippen LogP contribution < -0.4 is 0 Å². The Morgan fingerprint density at radius 3 is 1.33 bits per heavy atom. The van der Waals surface area contributed by atoms with Gasteiger partial charge in [-0.15, -0.1) is 22.7 Å². The van der Waals surface area contributed by atoms with Gasteiger partial charge in [0.1, 0.15) is 11.6 Å². The highest BCUT2D eigenvalue weighted by molar-refractivity contribution is 7.11. The van der Waals surface area contributed by atoms with Crippen LogP contribution in [-0.4, -0.2) is 54.4 Å². The van der Waals surface area contributed by atoms with Gasteiger partial charge in [0, 0.05) is 107 Å². The molecule has 7 aromatic rings. The number of rotatable bonds is 7. The summed E-state index contributed by atoms with van der Waals surface area (Å²) in [7, 11) is 0. The van der Waals surface area contributed by atoms with Gasteiger partial charge in [-0.3, -0.25) is 14.3 Å². The zero-order valence-electron chi connectivity index (χ0n) is 41.5. The van der Waals surface area contributed by atoms with Crippen LogP contribution >= 0.6 is 22.7 Å². The zero-order valence-corrected chi connectivity index (χ0v) is 43.1. The Kier molecular flexibility index (Phi) is 27.5. The lowest BCUT2D eigenvalue weighted by atomic mass is 10.1. The number of aryl methyl sites for hydroxylation is 4. The quantitative estimate of drug-likeness (QED) is 0.154. The monoisotopic (exact) mass is 896 g/mol. The first-order chi connectivity index (χ1) is 29.7. The Hall–Kier alpha value is -5.01. The van der Waals surface area contributed by atoms with Gasteiger partial charge in [-0.1, -0.05) is 75.3 Å². The third-order valence-corrected chi connectivity index (χ3v) is 10.8. The number of nitrogens with zero attached hydrogens (tertiary/aromatic N) is 11. The van der Waals surface area contributed by atoms with Crippen LogP contribution in [-0.2, 0) is 0 Å². The molecule has 0 N–H and O–H groups in total. The SMILES string of the molecule is CC(C)c1ccccn1.CC(C)c1ncccn1.CC(C)n1cccn1.Cc1ccn(C(C)C)n1.Cc1cnc(C(C)C)nc1.Cc1cnc(C(C)C)s1.Cc1ncc(C(C)C)s1. The summed E-state index contributed by atoms with van der Waals surface area (Å²) in [6.07, 6.45) is 18.7. The van der Waals surface area contributed by atoms with Crippen molar-refractivity contribution in [3.8, 4) is 0 Å². The highest BCUT2D eigenvalue weighted by Gasteiger charge is 2.03. The first kappa shape index (κ1) is 56.0. The minimum absolute atomic E-state index is 0.431. The zero-order chi connectivity index (χ0) is 47.5. The molecule has 344 valence electrons. The summed E-state index contributed by atoms with van der Waals surface area (Å²) in [5.41, 5.74) is 3.37. The molecule has 0 unspecified atom stereocenters. The van der Waals surface area contributed by atoms with E-state index in [1.54, 1.807) is 41.3 Å². The molecule has 0 aliphatic carbocycles. The predicted octanol–water partition coefficient (Wildman–Crippen LogP) is 14.1. The molecule has 0 saturated carbocycles. The van der Waals surface area contributed by atoms with Crippen LogP contribution in [0.3, 0.4) is 0 Å². The number of hydrogen-bond donors (Lipinski definition) is 0. The Labute approximate surface area is 388 Å². The Morgan fingerprint density at radius 1 is 0.460 bits per heavy atom. The van der Waals surface area contributed by atoms with Crippen LogP contribution in [0.25, 0.3) is 0 Å². The molecular formula is C50H77N11S2. The van der Waals surface area contributed by atoms with Gasteiger partial charge in [0.2, 0.25) is 0 Å². The van der Waals surface area contributed by atoms with Crippen molar-refractivity contribution in [1.82, 2.24) is 54.4 Å². The molecule has 13 heteroatoms. The normalized spacial score (nSPS) is 10.4. The molecule has 0 amide bonds. The molecule has 7 rings (SSSR count). The average Bonchev–Trinajstić information content (AvgIpc) is 4.10. The predicted molar refractivity (Wildman–Crippen MR) is 267 cm³/mol. The van der Waals surface area contributed by atoms with E-state index in [0.717, 1.165) is 28.6 Å². The van der Waals surface area contributed by atoms with Gasteiger partial charge >= 0.3 is 0 Å². The standard InChI is InChI=1S/C8H12N2.C8H11N.C7H12N2.C7H10N2.2C7H11NS.C6H10N2/c1-6(2)8-9-4-7(3)5-10-8;1-7(2)8-5-3-4-6-9-8;1-6(2)9-5-4-7(3)8-9;1-6(2)7-8-4-3-5-9-7;1-5(2)7-4-8-6(3)9-7;1-5(2)7-8-4-6(3)9-7;1-6(2)8-5-3-4-7-8/h4-6H,1-3H3;3-7H,1-2H3;4-6H,1-3H3;3-6H,1-2H3;2*4-5H,1-3H3;3-6H,1-2H3. The van der Waals surface area contributed by atoms with Gasteiger partial charge in [0.05, 0.1) is 15.7 Å². The maximum Gasteiger partial charge on any atom is 0.130 e. The Balaban J connectivity index is 0.000000368. The van der Waals surface area contributed by atoms with Crippen molar-refractivity contribution >= 4 is 22.7 Å². The summed E-state index contributed by atoms with van der Waals surface area (Å²) in [6.45, 7) is 37.9. The van der Waals surface area contributed by atoms with Gasteiger partial charge in [-0.05, 0) is 103 Å². The molecule has 0 aromatic carbocycles. The van der Waals surface area contributed by atoms with Gasteiger partial charge < -0.3 is 0 Å². The molecule has 0 spiro atoms. The van der Waals surface area contributed by atoms with Crippen LogP contribution in [0.2, 0.25) is 0 Å². The minimum Gasteiger partial charge on any atom is -0.270 e. The van der Waals surface area contributed by atoms with Crippen molar-refractivity contribution in [1.29, 1.82) is 0 Å². The average molecular weight is 896 g/mol. The fourth-order valence-corrected chi connectivity index (χ4v) is 6.18. The molecular weight excluding hydrogens is 819 g/mol. The maximum absolute atomic E-state index is 4.23. The van der Waals surface area contributed by atoms with E-state index in [0.29, 0.717) is 41.7 Å². The second-order valence-electron chi connectivity index (χ2n) is 17.0. The van der Waals surface area contributed by atoms with Crippen molar-refractivity contribution in [3.63, 3.8) is 0 Å². The summed E-state index contributed by atoms with van der Waals surface area (Å²) < 4.78 is 3.87. The molecule has 63 heavy (non-hydrogen) atoms. The van der Waals surface area contributed by atoms with Crippen molar-refractivity contribution in [2.24, 2.45) is 0 Å². The molecule has 0 aliphatic heterocycles. The van der Waals surface area contributed by atoms with Crippen LogP contribution in [0.5, 0.6) is 0 Å². The van der Waals surface area contributed by atoms with Crippen LogP contribution in [0.1, 0.15) is 187 Å². The third kappa shape index (κ3) is 25.0. The third-order valence-electron chi connectivity index (χ3n) is 8.36. The van der Waals surface area contributed by atoms with E-state index in [9.17, 15) is 0 Å². The van der Waals surface area contributed by atoms with Crippen molar-refractivity contribution in [2.45, 2.75) is 166 Å². The fourth-order valence-electron chi connectivity index (χ4n) is 4.62. The lowest BCUT2D eigenvalue weighted by molar-refractivity contribution is 0.529. The summed E-state index contributed by atoms with van der Waals surface area (Å²) in [5.74, 6) is 4.47. The lowest BCUT2D eigenvalue weighted by Crippen LogP contribution is -2.00. The molecule has 0 atom stereocenters. The molecule has 11 nitrogen and oxygen atoms in total. The van der Waals surface area contributed by atoms with Gasteiger partial charge in [0.15, 0.2) is 0 Å². The first-order valence-corrected chi connectivity index (χ1v) is 23.7. The smallest absolute Gasteiger partial charge is 0.130 e.